The standard InChI is InChI=1S/C15H22O.C2H6/c1-10-7-11(14(2,3)4)13-12(8-10)15(5,6)9-16-13;1-2/h7-8H,9H2,1-6H3;1-2H3. The van der Waals surface area contributed by atoms with Gasteiger partial charge in [-0.3, -0.25) is 0 Å². The average molecular weight is 248 g/mol. The average Bonchev–Trinajstić information content (AvgIpc) is 2.56. The van der Waals surface area contributed by atoms with Crippen molar-refractivity contribution < 1.29 is 4.74 Å². The van der Waals surface area contributed by atoms with Gasteiger partial charge in [0.1, 0.15) is 5.75 Å². The van der Waals surface area contributed by atoms with Gasteiger partial charge in [0.15, 0.2) is 0 Å². The third kappa shape index (κ3) is 2.71. The van der Waals surface area contributed by atoms with E-state index in [9.17, 15) is 0 Å². The highest BCUT2D eigenvalue weighted by Gasteiger charge is 2.35. The van der Waals surface area contributed by atoms with Crippen LogP contribution in [0.1, 0.15) is 65.2 Å². The predicted molar refractivity (Wildman–Crippen MR) is 79.7 cm³/mol. The maximum Gasteiger partial charge on any atom is 0.126 e. The van der Waals surface area contributed by atoms with Crippen LogP contribution in [0, 0.1) is 6.92 Å². The molecule has 1 heteroatoms. The minimum atomic E-state index is 0.149. The SMILES string of the molecule is CC.Cc1cc(C(C)(C)C)c2c(c1)C(C)(C)CO2. The van der Waals surface area contributed by atoms with Gasteiger partial charge in [-0.1, -0.05) is 66.2 Å². The Bertz CT molecular complexity index is 422. The molecule has 0 atom stereocenters. The molecule has 2 rings (SSSR count). The summed E-state index contributed by atoms with van der Waals surface area (Å²) in [6, 6.07) is 4.54. The first-order valence-corrected chi connectivity index (χ1v) is 7.00. The van der Waals surface area contributed by atoms with Crippen molar-refractivity contribution in [2.75, 3.05) is 6.61 Å². The second-order valence-corrected chi connectivity index (χ2v) is 6.61. The van der Waals surface area contributed by atoms with Gasteiger partial charge in [0.05, 0.1) is 6.61 Å². The lowest BCUT2D eigenvalue weighted by atomic mass is 9.79. The van der Waals surface area contributed by atoms with Crippen LogP contribution in [-0.4, -0.2) is 6.61 Å². The van der Waals surface area contributed by atoms with Crippen LogP contribution in [0.25, 0.3) is 0 Å². The Hall–Kier alpha value is -0.980. The molecule has 0 bridgehead atoms. The summed E-state index contributed by atoms with van der Waals surface area (Å²) >= 11 is 0. The Balaban J connectivity index is 0.000000771. The molecule has 0 N–H and O–H groups in total. The molecule has 0 saturated carbocycles. The molecule has 102 valence electrons. The number of hydrogen-bond acceptors (Lipinski definition) is 1. The van der Waals surface area contributed by atoms with Crippen LogP contribution in [0.2, 0.25) is 0 Å². The first-order chi connectivity index (χ1) is 8.22. The maximum absolute atomic E-state index is 5.93. The molecule has 1 aliphatic heterocycles. The molecule has 0 aliphatic carbocycles. The zero-order valence-corrected chi connectivity index (χ0v) is 13.3. The molecule has 1 aromatic carbocycles. The van der Waals surface area contributed by atoms with Crippen molar-refractivity contribution in [2.45, 2.75) is 66.2 Å². The fourth-order valence-electron chi connectivity index (χ4n) is 2.32. The van der Waals surface area contributed by atoms with E-state index in [0.717, 1.165) is 12.4 Å². The van der Waals surface area contributed by atoms with E-state index in [-0.39, 0.29) is 10.8 Å². The summed E-state index contributed by atoms with van der Waals surface area (Å²) in [6.45, 7) is 18.2. The molecule has 0 fully saturated rings. The summed E-state index contributed by atoms with van der Waals surface area (Å²) in [5.41, 5.74) is 4.35. The molecular weight excluding hydrogens is 220 g/mol. The Morgan fingerprint density at radius 2 is 1.67 bits per heavy atom. The van der Waals surface area contributed by atoms with Gasteiger partial charge < -0.3 is 4.74 Å². The number of ether oxygens (including phenoxy) is 1. The summed E-state index contributed by atoms with van der Waals surface area (Å²) in [5, 5.41) is 0. The van der Waals surface area contributed by atoms with E-state index in [2.05, 4.69) is 53.7 Å². The first-order valence-electron chi connectivity index (χ1n) is 7.00. The molecule has 1 aromatic rings. The minimum absolute atomic E-state index is 0.149. The molecule has 0 amide bonds. The van der Waals surface area contributed by atoms with Crippen molar-refractivity contribution in [1.82, 2.24) is 0 Å². The van der Waals surface area contributed by atoms with Gasteiger partial charge in [-0.2, -0.15) is 0 Å². The Labute approximate surface area is 113 Å². The van der Waals surface area contributed by atoms with E-state index >= 15 is 0 Å². The van der Waals surface area contributed by atoms with Crippen LogP contribution in [0.5, 0.6) is 5.75 Å². The van der Waals surface area contributed by atoms with Crippen LogP contribution < -0.4 is 4.74 Å². The second-order valence-electron chi connectivity index (χ2n) is 6.61. The fourth-order valence-corrected chi connectivity index (χ4v) is 2.32. The van der Waals surface area contributed by atoms with E-state index < -0.39 is 0 Å². The second kappa shape index (κ2) is 4.95. The monoisotopic (exact) mass is 248 g/mol. The number of benzene rings is 1. The quantitative estimate of drug-likeness (QED) is 0.628. The van der Waals surface area contributed by atoms with Gasteiger partial charge in [0.2, 0.25) is 0 Å². The molecule has 18 heavy (non-hydrogen) atoms. The van der Waals surface area contributed by atoms with Gasteiger partial charge in [-0.15, -0.1) is 0 Å². The van der Waals surface area contributed by atoms with Crippen LogP contribution in [0.15, 0.2) is 12.1 Å². The summed E-state index contributed by atoms with van der Waals surface area (Å²) < 4.78 is 5.93. The highest BCUT2D eigenvalue weighted by molar-refractivity contribution is 5.53. The highest BCUT2D eigenvalue weighted by atomic mass is 16.5. The van der Waals surface area contributed by atoms with Crippen molar-refractivity contribution in [1.29, 1.82) is 0 Å². The lowest BCUT2D eigenvalue weighted by Crippen LogP contribution is -2.18. The van der Waals surface area contributed by atoms with Gasteiger partial charge >= 0.3 is 0 Å². The summed E-state index contributed by atoms with van der Waals surface area (Å²) in [6.07, 6.45) is 0. The number of hydrogen-bond donors (Lipinski definition) is 0. The lowest BCUT2D eigenvalue weighted by Gasteiger charge is -2.23. The molecule has 1 heterocycles. The van der Waals surface area contributed by atoms with Crippen molar-refractivity contribution in [3.63, 3.8) is 0 Å². The molecule has 0 unspecified atom stereocenters. The normalized spacial score (nSPS) is 16.4. The van der Waals surface area contributed by atoms with Crippen LogP contribution in [0.4, 0.5) is 0 Å². The van der Waals surface area contributed by atoms with Gasteiger partial charge in [-0.25, -0.2) is 0 Å². The van der Waals surface area contributed by atoms with Gasteiger partial charge in [0.25, 0.3) is 0 Å². The van der Waals surface area contributed by atoms with E-state index in [0.29, 0.717) is 0 Å². The lowest BCUT2D eigenvalue weighted by molar-refractivity contribution is 0.286. The molecule has 1 nitrogen and oxygen atoms in total. The van der Waals surface area contributed by atoms with Gasteiger partial charge in [-0.05, 0) is 12.3 Å². The van der Waals surface area contributed by atoms with Crippen LogP contribution >= 0.6 is 0 Å². The Morgan fingerprint density at radius 3 is 2.17 bits per heavy atom. The summed E-state index contributed by atoms with van der Waals surface area (Å²) in [7, 11) is 0. The summed E-state index contributed by atoms with van der Waals surface area (Å²) in [4.78, 5) is 0. The zero-order chi connectivity index (χ0) is 14.1. The molecule has 0 spiro atoms. The van der Waals surface area contributed by atoms with Crippen molar-refractivity contribution in [3.05, 3.63) is 28.8 Å². The molecule has 0 saturated heterocycles. The topological polar surface area (TPSA) is 9.23 Å². The van der Waals surface area contributed by atoms with Crippen LogP contribution in [-0.2, 0) is 10.8 Å². The maximum atomic E-state index is 5.93. The predicted octanol–water partition coefficient (Wildman–Crippen LogP) is 4.99. The number of aryl methyl sites for hydroxylation is 1. The number of fused-ring (bicyclic) bond motifs is 1. The Kier molecular flexibility index (Phi) is 4.15. The fraction of sp³-hybridized carbons (Fsp3) is 0.647. The Morgan fingerprint density at radius 1 is 1.11 bits per heavy atom. The molecule has 0 radical (unpaired) electrons. The van der Waals surface area contributed by atoms with Gasteiger partial charge in [0, 0.05) is 16.5 Å². The molecule has 1 aliphatic rings. The van der Waals surface area contributed by atoms with Crippen LogP contribution in [0.3, 0.4) is 0 Å². The molecule has 0 aromatic heterocycles. The highest BCUT2D eigenvalue weighted by Crippen LogP contribution is 2.45. The zero-order valence-electron chi connectivity index (χ0n) is 13.3. The van der Waals surface area contributed by atoms with Crippen molar-refractivity contribution in [3.8, 4) is 5.75 Å². The summed E-state index contributed by atoms with van der Waals surface area (Å²) in [5.74, 6) is 1.13. The minimum Gasteiger partial charge on any atom is -0.492 e. The van der Waals surface area contributed by atoms with Crippen molar-refractivity contribution in [2.24, 2.45) is 0 Å². The van der Waals surface area contributed by atoms with E-state index in [1.807, 2.05) is 13.8 Å². The van der Waals surface area contributed by atoms with E-state index in [4.69, 9.17) is 4.74 Å². The van der Waals surface area contributed by atoms with Crippen molar-refractivity contribution >= 4 is 0 Å². The third-order valence-electron chi connectivity index (χ3n) is 3.35. The first kappa shape index (κ1) is 15.1. The third-order valence-corrected chi connectivity index (χ3v) is 3.35. The number of rotatable bonds is 0. The van der Waals surface area contributed by atoms with E-state index in [1.165, 1.54) is 16.7 Å². The smallest absolute Gasteiger partial charge is 0.126 e. The molecular formula is C17H28O. The largest absolute Gasteiger partial charge is 0.492 e. The van der Waals surface area contributed by atoms with E-state index in [1.54, 1.807) is 0 Å².